The minimum atomic E-state index is -0.499. The highest BCUT2D eigenvalue weighted by molar-refractivity contribution is 6.33. The second-order valence-electron chi connectivity index (χ2n) is 6.88. The molecule has 2 aliphatic rings. The molecule has 8 heteroatoms. The van der Waals surface area contributed by atoms with E-state index in [9.17, 15) is 4.79 Å². The van der Waals surface area contributed by atoms with E-state index in [2.05, 4.69) is 4.99 Å². The van der Waals surface area contributed by atoms with Crippen molar-refractivity contribution in [2.75, 3.05) is 13.2 Å². The summed E-state index contributed by atoms with van der Waals surface area (Å²) in [5.74, 6) is 1.66. The van der Waals surface area contributed by atoms with Crippen LogP contribution in [0.3, 0.4) is 0 Å². The SMILES string of the molecule is CC1=CC2=NC(=O)/C(=C/c3ccc(OCCCOc4ccccc4)c(Cl)c3)C(=N)N2O1. The molecule has 2 aromatic rings. The molecule has 7 nitrogen and oxygen atoms in total. The van der Waals surface area contributed by atoms with Crippen LogP contribution in [0.25, 0.3) is 6.08 Å². The van der Waals surface area contributed by atoms with Gasteiger partial charge in [-0.2, -0.15) is 4.99 Å². The van der Waals surface area contributed by atoms with Crippen molar-refractivity contribution in [3.63, 3.8) is 0 Å². The number of carbonyl (C=O) groups is 1. The topological polar surface area (TPSA) is 84.2 Å². The van der Waals surface area contributed by atoms with Gasteiger partial charge in [0.15, 0.2) is 11.7 Å². The number of fused-ring (bicyclic) bond motifs is 1. The number of para-hydroxylation sites is 1. The van der Waals surface area contributed by atoms with Crippen LogP contribution in [0.2, 0.25) is 5.02 Å². The third-order valence-electron chi connectivity index (χ3n) is 4.51. The van der Waals surface area contributed by atoms with Crippen LogP contribution in [-0.2, 0) is 9.63 Å². The fraction of sp³-hybridized carbons (Fsp3) is 0.174. The molecule has 1 amide bonds. The first kappa shape index (κ1) is 20.7. The van der Waals surface area contributed by atoms with E-state index in [-0.39, 0.29) is 11.4 Å². The molecular formula is C23H20ClN3O4. The van der Waals surface area contributed by atoms with Crippen molar-refractivity contribution in [2.45, 2.75) is 13.3 Å². The molecule has 2 aliphatic heterocycles. The van der Waals surface area contributed by atoms with Gasteiger partial charge in [0.05, 0.1) is 23.8 Å². The fourth-order valence-electron chi connectivity index (χ4n) is 3.04. The van der Waals surface area contributed by atoms with Gasteiger partial charge in [0.1, 0.15) is 17.3 Å². The number of benzene rings is 2. The van der Waals surface area contributed by atoms with Crippen LogP contribution in [0.1, 0.15) is 18.9 Å². The number of allylic oxidation sites excluding steroid dienone is 1. The first-order chi connectivity index (χ1) is 15.0. The number of nitrogens with one attached hydrogen (secondary N) is 1. The lowest BCUT2D eigenvalue weighted by Crippen LogP contribution is -2.38. The van der Waals surface area contributed by atoms with Crippen molar-refractivity contribution < 1.29 is 19.1 Å². The predicted octanol–water partition coefficient (Wildman–Crippen LogP) is 4.64. The van der Waals surface area contributed by atoms with Gasteiger partial charge >= 0.3 is 0 Å². The summed E-state index contributed by atoms with van der Waals surface area (Å²) in [6.07, 6.45) is 3.87. The van der Waals surface area contributed by atoms with Gasteiger partial charge in [0.25, 0.3) is 5.91 Å². The molecule has 31 heavy (non-hydrogen) atoms. The molecule has 2 heterocycles. The quantitative estimate of drug-likeness (QED) is 0.504. The van der Waals surface area contributed by atoms with Crippen LogP contribution in [0, 0.1) is 5.41 Å². The molecule has 0 radical (unpaired) electrons. The molecule has 0 saturated heterocycles. The normalized spacial score (nSPS) is 16.6. The van der Waals surface area contributed by atoms with Crippen molar-refractivity contribution in [3.8, 4) is 11.5 Å². The molecule has 0 spiro atoms. The summed E-state index contributed by atoms with van der Waals surface area (Å²) >= 11 is 6.34. The number of amides is 1. The maximum Gasteiger partial charge on any atom is 0.282 e. The number of rotatable bonds is 7. The van der Waals surface area contributed by atoms with Crippen LogP contribution in [0.5, 0.6) is 11.5 Å². The van der Waals surface area contributed by atoms with E-state index in [1.54, 1.807) is 37.3 Å². The highest BCUT2D eigenvalue weighted by Gasteiger charge is 2.34. The zero-order chi connectivity index (χ0) is 21.8. The molecule has 1 N–H and O–H groups in total. The fourth-order valence-corrected chi connectivity index (χ4v) is 3.28. The van der Waals surface area contributed by atoms with Crippen molar-refractivity contribution in [1.82, 2.24) is 5.06 Å². The Kier molecular flexibility index (Phi) is 6.04. The van der Waals surface area contributed by atoms with Gasteiger partial charge in [-0.25, -0.2) is 0 Å². The van der Waals surface area contributed by atoms with Crippen LogP contribution in [-0.4, -0.2) is 35.9 Å². The molecule has 158 valence electrons. The number of carbonyl (C=O) groups excluding carboxylic acids is 1. The van der Waals surface area contributed by atoms with Gasteiger partial charge in [-0.15, -0.1) is 5.06 Å². The van der Waals surface area contributed by atoms with E-state index in [4.69, 9.17) is 31.3 Å². The number of hydrogen-bond donors (Lipinski definition) is 1. The monoisotopic (exact) mass is 437 g/mol. The molecule has 0 saturated carbocycles. The standard InChI is InChI=1S/C23H20ClN3O4/c1-15-12-21-26-23(28)18(22(25)27(21)31-15)13-16-8-9-20(19(24)14-16)30-11-5-10-29-17-6-3-2-4-7-17/h2-4,6-9,12-14,25H,5,10-11H2,1H3/b18-13+,25-22?. The number of aliphatic imine (C=N–C) groups is 1. The summed E-state index contributed by atoms with van der Waals surface area (Å²) in [5.41, 5.74) is 0.773. The third kappa shape index (κ3) is 4.78. The van der Waals surface area contributed by atoms with Crippen LogP contribution < -0.4 is 9.47 Å². The summed E-state index contributed by atoms with van der Waals surface area (Å²) in [5, 5.41) is 9.89. The molecule has 0 aromatic heterocycles. The highest BCUT2D eigenvalue weighted by atomic mass is 35.5. The average molecular weight is 438 g/mol. The first-order valence-corrected chi connectivity index (χ1v) is 10.1. The number of nitrogens with zero attached hydrogens (tertiary/aromatic N) is 2. The van der Waals surface area contributed by atoms with E-state index >= 15 is 0 Å². The van der Waals surface area contributed by atoms with Gasteiger partial charge in [-0.3, -0.25) is 10.2 Å². The minimum Gasteiger partial charge on any atom is -0.493 e. The van der Waals surface area contributed by atoms with Crippen molar-refractivity contribution >= 4 is 35.3 Å². The first-order valence-electron chi connectivity index (χ1n) is 9.71. The van der Waals surface area contributed by atoms with Gasteiger partial charge in [-0.1, -0.05) is 35.9 Å². The van der Waals surface area contributed by atoms with Gasteiger partial charge in [-0.05, 0) is 42.8 Å². The lowest BCUT2D eigenvalue weighted by Gasteiger charge is -2.23. The minimum absolute atomic E-state index is 0.0713. The van der Waals surface area contributed by atoms with E-state index < -0.39 is 5.91 Å². The van der Waals surface area contributed by atoms with Gasteiger partial charge in [0, 0.05) is 12.5 Å². The molecular weight excluding hydrogens is 418 g/mol. The molecule has 0 aliphatic carbocycles. The average Bonchev–Trinajstić information content (AvgIpc) is 3.13. The number of hydroxylamine groups is 2. The lowest BCUT2D eigenvalue weighted by atomic mass is 10.1. The second kappa shape index (κ2) is 9.06. The lowest BCUT2D eigenvalue weighted by molar-refractivity contribution is -0.114. The Morgan fingerprint density at radius 2 is 1.94 bits per heavy atom. The summed E-state index contributed by atoms with van der Waals surface area (Å²) in [7, 11) is 0. The Hall–Kier alpha value is -3.58. The molecule has 2 aromatic carbocycles. The highest BCUT2D eigenvalue weighted by Crippen LogP contribution is 2.28. The third-order valence-corrected chi connectivity index (χ3v) is 4.80. The van der Waals surface area contributed by atoms with Crippen molar-refractivity contribution in [3.05, 3.63) is 76.5 Å². The summed E-state index contributed by atoms with van der Waals surface area (Å²) in [4.78, 5) is 21.7. The Labute approximate surface area is 184 Å². The van der Waals surface area contributed by atoms with E-state index in [0.717, 1.165) is 5.75 Å². The summed E-state index contributed by atoms with van der Waals surface area (Å²) in [6.45, 7) is 2.71. The largest absolute Gasteiger partial charge is 0.493 e. The molecule has 0 fully saturated rings. The van der Waals surface area contributed by atoms with Crippen molar-refractivity contribution in [2.24, 2.45) is 4.99 Å². The molecule has 4 rings (SSSR count). The molecule has 0 atom stereocenters. The number of ether oxygens (including phenoxy) is 2. The predicted molar refractivity (Wildman–Crippen MR) is 118 cm³/mol. The van der Waals surface area contributed by atoms with Gasteiger partial charge in [0.2, 0.25) is 0 Å². The molecule has 0 bridgehead atoms. The van der Waals surface area contributed by atoms with E-state index in [0.29, 0.717) is 47.6 Å². The Bertz CT molecular complexity index is 1110. The zero-order valence-electron chi connectivity index (χ0n) is 16.8. The summed E-state index contributed by atoms with van der Waals surface area (Å²) < 4.78 is 11.4. The zero-order valence-corrected chi connectivity index (χ0v) is 17.6. The number of hydrogen-bond acceptors (Lipinski definition) is 5. The smallest absolute Gasteiger partial charge is 0.282 e. The molecule has 0 unspecified atom stereocenters. The maximum atomic E-state index is 12.3. The number of halogens is 1. The van der Waals surface area contributed by atoms with Crippen LogP contribution in [0.4, 0.5) is 0 Å². The number of amidine groups is 2. The Balaban J connectivity index is 1.35. The Morgan fingerprint density at radius 3 is 2.71 bits per heavy atom. The van der Waals surface area contributed by atoms with Crippen LogP contribution in [0.15, 0.2) is 70.9 Å². The second-order valence-corrected chi connectivity index (χ2v) is 7.28. The van der Waals surface area contributed by atoms with Gasteiger partial charge < -0.3 is 14.3 Å². The van der Waals surface area contributed by atoms with Crippen LogP contribution >= 0.6 is 11.6 Å². The Morgan fingerprint density at radius 1 is 1.16 bits per heavy atom. The van der Waals surface area contributed by atoms with E-state index in [1.807, 2.05) is 30.3 Å². The van der Waals surface area contributed by atoms with E-state index in [1.165, 1.54) is 5.06 Å². The van der Waals surface area contributed by atoms with Crippen molar-refractivity contribution in [1.29, 1.82) is 5.41 Å². The maximum absolute atomic E-state index is 12.3. The summed E-state index contributed by atoms with van der Waals surface area (Å²) in [6, 6.07) is 14.8.